The van der Waals surface area contributed by atoms with Crippen LogP contribution in [0.25, 0.3) is 0 Å². The average molecular weight is 299 g/mol. The highest BCUT2D eigenvalue weighted by atomic mass is 35.5. The van der Waals surface area contributed by atoms with Crippen LogP contribution in [-0.2, 0) is 29.1 Å². The molecule has 0 aromatic carbocycles. The molecule has 1 aliphatic rings. The van der Waals surface area contributed by atoms with Crippen LogP contribution in [-0.4, -0.2) is 27.6 Å². The predicted octanol–water partition coefficient (Wildman–Crippen LogP) is 1.01. The molecule has 6 nitrogen and oxygen atoms in total. The van der Waals surface area contributed by atoms with Gasteiger partial charge in [-0.3, -0.25) is 19.6 Å². The molecule has 1 fully saturated rings. The number of hydrogen-bond acceptors (Lipinski definition) is 4. The van der Waals surface area contributed by atoms with Crippen LogP contribution in [0, 0.1) is 0 Å². The van der Waals surface area contributed by atoms with E-state index in [1.165, 1.54) is 0 Å². The van der Waals surface area contributed by atoms with Crippen molar-refractivity contribution in [3.05, 3.63) is 16.4 Å². The first-order chi connectivity index (χ1) is 9.56. The Morgan fingerprint density at radius 3 is 2.80 bits per heavy atom. The van der Waals surface area contributed by atoms with Crippen LogP contribution in [0.3, 0.4) is 0 Å². The van der Waals surface area contributed by atoms with Crippen LogP contribution in [0.15, 0.2) is 0 Å². The second kappa shape index (κ2) is 6.37. The fraction of sp³-hybridized carbons (Fsp3) is 0.615. The van der Waals surface area contributed by atoms with Crippen LogP contribution >= 0.6 is 11.6 Å². The zero-order valence-electron chi connectivity index (χ0n) is 11.7. The zero-order valence-corrected chi connectivity index (χ0v) is 12.5. The monoisotopic (exact) mass is 298 g/mol. The first-order valence-corrected chi connectivity index (χ1v) is 7.25. The maximum Gasteiger partial charge on any atom is 0.243 e. The van der Waals surface area contributed by atoms with Gasteiger partial charge in [0.25, 0.3) is 0 Å². The number of carbonyl (C=O) groups is 2. The molecule has 1 unspecified atom stereocenters. The second-order valence-electron chi connectivity index (χ2n) is 4.76. The molecule has 2 amide bonds. The fourth-order valence-electron chi connectivity index (χ4n) is 2.29. The van der Waals surface area contributed by atoms with Gasteiger partial charge in [0.2, 0.25) is 11.8 Å². The largest absolute Gasteiger partial charge is 0.300 e. The summed E-state index contributed by atoms with van der Waals surface area (Å²) in [5, 5.41) is 10.6. The van der Waals surface area contributed by atoms with Crippen molar-refractivity contribution in [2.24, 2.45) is 0 Å². The standard InChI is InChI=1S/C13H19ClN4O2/c1-3-8-12(14)10(18(4-2)17-8)7-15-9-5-6-11(19)16-13(9)20/h9,15H,3-7H2,1-2H3,(H,16,19,20). The van der Waals surface area contributed by atoms with Crippen LogP contribution < -0.4 is 10.6 Å². The van der Waals surface area contributed by atoms with Crippen LogP contribution in [0.4, 0.5) is 0 Å². The normalized spacial score (nSPS) is 19.2. The summed E-state index contributed by atoms with van der Waals surface area (Å²) in [4.78, 5) is 22.8. The lowest BCUT2D eigenvalue weighted by molar-refractivity contribution is -0.134. The minimum absolute atomic E-state index is 0.210. The van der Waals surface area contributed by atoms with Gasteiger partial charge >= 0.3 is 0 Å². The Hall–Kier alpha value is -1.40. The first kappa shape index (κ1) is 15.0. The highest BCUT2D eigenvalue weighted by molar-refractivity contribution is 6.31. The van der Waals surface area contributed by atoms with Crippen molar-refractivity contribution < 1.29 is 9.59 Å². The minimum Gasteiger partial charge on any atom is -0.300 e. The van der Waals surface area contributed by atoms with E-state index in [9.17, 15) is 9.59 Å². The van der Waals surface area contributed by atoms with E-state index < -0.39 is 0 Å². The van der Waals surface area contributed by atoms with Crippen LogP contribution in [0.5, 0.6) is 0 Å². The van der Waals surface area contributed by atoms with Gasteiger partial charge in [-0.1, -0.05) is 18.5 Å². The molecule has 2 heterocycles. The number of imide groups is 1. The Balaban J connectivity index is 2.05. The number of aryl methyl sites for hydroxylation is 2. The van der Waals surface area contributed by atoms with E-state index in [4.69, 9.17) is 11.6 Å². The summed E-state index contributed by atoms with van der Waals surface area (Å²) < 4.78 is 1.85. The lowest BCUT2D eigenvalue weighted by Crippen LogP contribution is -2.50. The van der Waals surface area contributed by atoms with E-state index in [1.807, 2.05) is 18.5 Å². The third-order valence-corrected chi connectivity index (χ3v) is 3.89. The lowest BCUT2D eigenvalue weighted by atomic mass is 10.1. The molecule has 110 valence electrons. The zero-order chi connectivity index (χ0) is 14.7. The van der Waals surface area contributed by atoms with Gasteiger partial charge in [0, 0.05) is 19.5 Å². The molecular formula is C13H19ClN4O2. The molecule has 1 saturated heterocycles. The van der Waals surface area contributed by atoms with Gasteiger partial charge in [-0.25, -0.2) is 0 Å². The van der Waals surface area contributed by atoms with Gasteiger partial charge in [-0.15, -0.1) is 0 Å². The number of halogens is 1. The molecule has 0 radical (unpaired) electrons. The van der Waals surface area contributed by atoms with Crippen molar-refractivity contribution in [1.82, 2.24) is 20.4 Å². The Morgan fingerprint density at radius 1 is 1.45 bits per heavy atom. The van der Waals surface area contributed by atoms with E-state index >= 15 is 0 Å². The number of hydrogen-bond donors (Lipinski definition) is 2. The number of amides is 2. The number of rotatable bonds is 5. The molecular weight excluding hydrogens is 280 g/mol. The Labute approximate surface area is 122 Å². The molecule has 0 spiro atoms. The van der Waals surface area contributed by atoms with Gasteiger partial charge in [0.05, 0.1) is 22.5 Å². The van der Waals surface area contributed by atoms with Gasteiger partial charge in [-0.2, -0.15) is 5.10 Å². The molecule has 1 aromatic rings. The summed E-state index contributed by atoms with van der Waals surface area (Å²) in [7, 11) is 0. The first-order valence-electron chi connectivity index (χ1n) is 6.87. The molecule has 1 aromatic heterocycles. The van der Waals surface area contributed by atoms with E-state index in [1.54, 1.807) is 0 Å². The summed E-state index contributed by atoms with van der Waals surface area (Å²) >= 11 is 6.31. The van der Waals surface area contributed by atoms with E-state index in [0.717, 1.165) is 24.4 Å². The third-order valence-electron chi connectivity index (χ3n) is 3.45. The summed E-state index contributed by atoms with van der Waals surface area (Å²) in [6.45, 7) is 5.20. The second-order valence-corrected chi connectivity index (χ2v) is 5.14. The molecule has 0 saturated carbocycles. The molecule has 20 heavy (non-hydrogen) atoms. The average Bonchev–Trinajstić information content (AvgIpc) is 2.74. The summed E-state index contributed by atoms with van der Waals surface area (Å²) in [6, 6.07) is -0.353. The summed E-state index contributed by atoms with van der Waals surface area (Å²) in [6.07, 6.45) is 1.66. The minimum atomic E-state index is -0.353. The summed E-state index contributed by atoms with van der Waals surface area (Å²) in [5.74, 6) is -0.478. The number of nitrogens with zero attached hydrogens (tertiary/aromatic N) is 2. The Bertz CT molecular complexity index is 527. The van der Waals surface area contributed by atoms with Gasteiger partial charge in [0.15, 0.2) is 0 Å². The van der Waals surface area contributed by atoms with Crippen molar-refractivity contribution in [2.45, 2.75) is 52.2 Å². The topological polar surface area (TPSA) is 76.0 Å². The number of carbonyl (C=O) groups excluding carboxylic acids is 2. The smallest absolute Gasteiger partial charge is 0.243 e. The molecule has 0 bridgehead atoms. The van der Waals surface area contributed by atoms with Crippen LogP contribution in [0.2, 0.25) is 5.02 Å². The van der Waals surface area contributed by atoms with Crippen molar-refractivity contribution >= 4 is 23.4 Å². The van der Waals surface area contributed by atoms with Gasteiger partial charge < -0.3 is 5.32 Å². The van der Waals surface area contributed by atoms with Crippen molar-refractivity contribution in [1.29, 1.82) is 0 Å². The fourth-order valence-corrected chi connectivity index (χ4v) is 2.63. The predicted molar refractivity (Wildman–Crippen MR) is 75.3 cm³/mol. The van der Waals surface area contributed by atoms with E-state index in [0.29, 0.717) is 24.4 Å². The molecule has 1 aliphatic heterocycles. The third kappa shape index (κ3) is 3.02. The Kier molecular flexibility index (Phi) is 4.77. The quantitative estimate of drug-likeness (QED) is 0.796. The number of aromatic nitrogens is 2. The SMILES string of the molecule is CCc1nn(CC)c(CNC2CCC(=O)NC2=O)c1Cl. The van der Waals surface area contributed by atoms with Crippen LogP contribution in [0.1, 0.15) is 38.1 Å². The molecule has 7 heteroatoms. The highest BCUT2D eigenvalue weighted by Crippen LogP contribution is 2.21. The van der Waals surface area contributed by atoms with Crippen molar-refractivity contribution in [3.8, 4) is 0 Å². The maximum absolute atomic E-state index is 11.7. The number of nitrogens with one attached hydrogen (secondary N) is 2. The maximum atomic E-state index is 11.7. The Morgan fingerprint density at radius 2 is 2.20 bits per heavy atom. The molecule has 1 atom stereocenters. The lowest BCUT2D eigenvalue weighted by Gasteiger charge is -2.22. The van der Waals surface area contributed by atoms with E-state index in [2.05, 4.69) is 15.7 Å². The van der Waals surface area contributed by atoms with Gasteiger partial charge in [-0.05, 0) is 19.8 Å². The van der Waals surface area contributed by atoms with E-state index in [-0.39, 0.29) is 17.9 Å². The van der Waals surface area contributed by atoms with Crippen molar-refractivity contribution in [3.63, 3.8) is 0 Å². The van der Waals surface area contributed by atoms with Gasteiger partial charge in [0.1, 0.15) is 0 Å². The van der Waals surface area contributed by atoms with Crippen molar-refractivity contribution in [2.75, 3.05) is 0 Å². The summed E-state index contributed by atoms with van der Waals surface area (Å²) in [5.41, 5.74) is 1.75. The molecule has 0 aliphatic carbocycles. The number of piperidine rings is 1. The molecule has 2 rings (SSSR count). The molecule has 2 N–H and O–H groups in total. The highest BCUT2D eigenvalue weighted by Gasteiger charge is 2.26.